The van der Waals surface area contributed by atoms with Gasteiger partial charge >= 0.3 is 0 Å². The molecule has 0 aromatic carbocycles. The van der Waals surface area contributed by atoms with E-state index in [-0.39, 0.29) is 11.8 Å². The number of nitrogens with one attached hydrogen (secondary N) is 1. The first-order valence-corrected chi connectivity index (χ1v) is 7.86. The van der Waals surface area contributed by atoms with E-state index in [0.717, 1.165) is 31.5 Å². The highest BCUT2D eigenvalue weighted by atomic mass is 16.2. The molecule has 0 heterocycles. The van der Waals surface area contributed by atoms with Gasteiger partial charge in [0.2, 0.25) is 5.91 Å². The molecule has 21 heavy (non-hydrogen) atoms. The molecule has 120 valence electrons. The predicted molar refractivity (Wildman–Crippen MR) is 87.7 cm³/mol. The minimum atomic E-state index is -0.0733. The zero-order valence-corrected chi connectivity index (χ0v) is 14.4. The molecule has 2 amide bonds. The van der Waals surface area contributed by atoms with E-state index in [0.29, 0.717) is 17.7 Å². The van der Waals surface area contributed by atoms with Gasteiger partial charge in [0, 0.05) is 25.1 Å². The Bertz CT molecular complexity index is 417. The zero-order valence-electron chi connectivity index (χ0n) is 14.4. The average molecular weight is 294 g/mol. The van der Waals surface area contributed by atoms with E-state index in [1.54, 1.807) is 13.8 Å². The Morgan fingerprint density at radius 2 is 1.57 bits per heavy atom. The predicted octanol–water partition coefficient (Wildman–Crippen LogP) is 3.40. The number of hydrogen-bond acceptors (Lipinski definition) is 2. The van der Waals surface area contributed by atoms with Crippen LogP contribution in [0.4, 0.5) is 0 Å². The van der Waals surface area contributed by atoms with E-state index in [2.05, 4.69) is 19.2 Å². The van der Waals surface area contributed by atoms with Crippen LogP contribution in [0.2, 0.25) is 0 Å². The Hall–Kier alpha value is -1.58. The maximum Gasteiger partial charge on any atom is 0.251 e. The summed E-state index contributed by atoms with van der Waals surface area (Å²) in [5.41, 5.74) is 2.16. The molecule has 0 saturated carbocycles. The summed E-state index contributed by atoms with van der Waals surface area (Å²) in [5, 5.41) is 2.86. The lowest BCUT2D eigenvalue weighted by Crippen LogP contribution is -2.35. The van der Waals surface area contributed by atoms with Crippen molar-refractivity contribution in [3.05, 3.63) is 22.9 Å². The van der Waals surface area contributed by atoms with Crippen LogP contribution in [-0.2, 0) is 9.59 Å². The normalized spacial score (nSPS) is 12.8. The van der Waals surface area contributed by atoms with E-state index in [1.807, 2.05) is 24.8 Å². The van der Waals surface area contributed by atoms with Crippen molar-refractivity contribution < 1.29 is 9.59 Å². The van der Waals surface area contributed by atoms with Gasteiger partial charge in [-0.05, 0) is 39.2 Å². The van der Waals surface area contributed by atoms with Crippen molar-refractivity contribution in [1.29, 1.82) is 0 Å². The van der Waals surface area contributed by atoms with Crippen molar-refractivity contribution >= 4 is 11.8 Å². The van der Waals surface area contributed by atoms with E-state index in [4.69, 9.17) is 0 Å². The van der Waals surface area contributed by atoms with Gasteiger partial charge in [-0.1, -0.05) is 26.8 Å². The number of carbonyl (C=O) groups is 2. The Labute approximate surface area is 129 Å². The molecule has 4 nitrogen and oxygen atoms in total. The summed E-state index contributed by atoms with van der Waals surface area (Å²) < 4.78 is 0. The molecule has 1 N–H and O–H groups in total. The van der Waals surface area contributed by atoms with Gasteiger partial charge in [-0.3, -0.25) is 9.59 Å². The molecule has 0 saturated heterocycles. The van der Waals surface area contributed by atoms with Crippen molar-refractivity contribution in [1.82, 2.24) is 10.2 Å². The summed E-state index contributed by atoms with van der Waals surface area (Å²) in [7, 11) is 0. The number of carbonyl (C=O) groups excluding carboxylic acids is 2. The van der Waals surface area contributed by atoms with Crippen LogP contribution in [0.25, 0.3) is 0 Å². The average Bonchev–Trinajstić information content (AvgIpc) is 2.49. The van der Waals surface area contributed by atoms with Gasteiger partial charge in [-0.15, -0.1) is 0 Å². The third-order valence-electron chi connectivity index (χ3n) is 3.38. The van der Waals surface area contributed by atoms with Crippen molar-refractivity contribution in [3.63, 3.8) is 0 Å². The van der Waals surface area contributed by atoms with Crippen LogP contribution in [0.3, 0.4) is 0 Å². The Morgan fingerprint density at radius 3 is 1.95 bits per heavy atom. The van der Waals surface area contributed by atoms with Crippen molar-refractivity contribution in [2.24, 2.45) is 0 Å². The third-order valence-corrected chi connectivity index (χ3v) is 3.38. The first-order chi connectivity index (χ1) is 9.92. The number of hydrogen-bond donors (Lipinski definition) is 1. The van der Waals surface area contributed by atoms with E-state index < -0.39 is 0 Å². The van der Waals surface area contributed by atoms with Crippen molar-refractivity contribution in [2.45, 2.75) is 60.8 Å². The molecule has 0 aliphatic rings. The van der Waals surface area contributed by atoms with E-state index in [1.165, 1.54) is 0 Å². The number of amides is 2. The van der Waals surface area contributed by atoms with Crippen LogP contribution >= 0.6 is 0 Å². The molecule has 0 fully saturated rings. The molecule has 0 unspecified atom stereocenters. The molecule has 0 aliphatic heterocycles. The summed E-state index contributed by atoms with van der Waals surface area (Å²) in [5.74, 6) is -0.0674. The van der Waals surface area contributed by atoms with Crippen LogP contribution < -0.4 is 5.32 Å². The van der Waals surface area contributed by atoms with Crippen LogP contribution in [0.1, 0.15) is 60.8 Å². The maximum atomic E-state index is 12.6. The quantitative estimate of drug-likeness (QED) is 0.551. The standard InChI is InChI=1S/C17H30N2O2/c1-7-11-19(12-8-2)17(21)14(6)16(13(5)9-3)18-15(20)10-4/h9H,7-8,10-12H2,1-6H3,(H,18,20)/b13-9-,16-14-. The highest BCUT2D eigenvalue weighted by molar-refractivity contribution is 5.95. The van der Waals surface area contributed by atoms with E-state index in [9.17, 15) is 9.59 Å². The Kier molecular flexibility index (Phi) is 9.42. The molecular weight excluding hydrogens is 264 g/mol. The lowest BCUT2D eigenvalue weighted by atomic mass is 10.1. The van der Waals surface area contributed by atoms with Gasteiger partial charge in [0.1, 0.15) is 0 Å². The van der Waals surface area contributed by atoms with Crippen LogP contribution in [0.15, 0.2) is 22.9 Å². The molecule has 0 aromatic rings. The van der Waals surface area contributed by atoms with Gasteiger partial charge in [0.15, 0.2) is 0 Å². The second-order valence-electron chi connectivity index (χ2n) is 5.17. The third kappa shape index (κ3) is 6.15. The lowest BCUT2D eigenvalue weighted by molar-refractivity contribution is -0.127. The zero-order chi connectivity index (χ0) is 16.4. The maximum absolute atomic E-state index is 12.6. The SMILES string of the molecule is C/C=C(C)\C(NC(=O)CC)=C(/C)C(=O)N(CCC)CCC. The number of nitrogens with zero attached hydrogens (tertiary/aromatic N) is 1. The molecule has 0 rings (SSSR count). The van der Waals surface area contributed by atoms with Crippen LogP contribution in [0, 0.1) is 0 Å². The molecule has 4 heteroatoms. The minimum Gasteiger partial charge on any atom is -0.339 e. The molecular formula is C17H30N2O2. The van der Waals surface area contributed by atoms with Crippen LogP contribution in [-0.4, -0.2) is 29.8 Å². The Balaban J connectivity index is 5.49. The lowest BCUT2D eigenvalue weighted by Gasteiger charge is -2.23. The molecule has 0 atom stereocenters. The van der Waals surface area contributed by atoms with Gasteiger partial charge in [0.25, 0.3) is 5.91 Å². The second-order valence-corrected chi connectivity index (χ2v) is 5.17. The monoisotopic (exact) mass is 294 g/mol. The highest BCUT2D eigenvalue weighted by Crippen LogP contribution is 2.15. The van der Waals surface area contributed by atoms with Gasteiger partial charge in [-0.2, -0.15) is 0 Å². The van der Waals surface area contributed by atoms with Crippen LogP contribution in [0.5, 0.6) is 0 Å². The second kappa shape index (κ2) is 10.2. The van der Waals surface area contributed by atoms with Gasteiger partial charge < -0.3 is 10.2 Å². The molecule has 0 radical (unpaired) electrons. The molecule has 0 bridgehead atoms. The Morgan fingerprint density at radius 1 is 1.05 bits per heavy atom. The van der Waals surface area contributed by atoms with Gasteiger partial charge in [0.05, 0.1) is 5.70 Å². The molecule has 0 aliphatic carbocycles. The minimum absolute atomic E-state index is 0.00584. The van der Waals surface area contributed by atoms with Gasteiger partial charge in [-0.25, -0.2) is 0 Å². The smallest absolute Gasteiger partial charge is 0.251 e. The first-order valence-electron chi connectivity index (χ1n) is 7.86. The fourth-order valence-corrected chi connectivity index (χ4v) is 2.06. The summed E-state index contributed by atoms with van der Waals surface area (Å²) in [6.07, 6.45) is 4.16. The number of allylic oxidation sites excluding steroid dienone is 2. The molecule has 0 aromatic heterocycles. The largest absolute Gasteiger partial charge is 0.339 e. The summed E-state index contributed by atoms with van der Waals surface area (Å²) in [6.45, 7) is 13.0. The van der Waals surface area contributed by atoms with Crippen molar-refractivity contribution in [2.75, 3.05) is 13.1 Å². The van der Waals surface area contributed by atoms with E-state index >= 15 is 0 Å². The summed E-state index contributed by atoms with van der Waals surface area (Å²) in [6, 6.07) is 0. The highest BCUT2D eigenvalue weighted by Gasteiger charge is 2.19. The first kappa shape index (κ1) is 19.4. The molecule has 0 spiro atoms. The summed E-state index contributed by atoms with van der Waals surface area (Å²) >= 11 is 0. The van der Waals surface area contributed by atoms with Crippen molar-refractivity contribution in [3.8, 4) is 0 Å². The fourth-order valence-electron chi connectivity index (χ4n) is 2.06. The fraction of sp³-hybridized carbons (Fsp3) is 0.647. The number of rotatable bonds is 8. The summed E-state index contributed by atoms with van der Waals surface area (Å²) in [4.78, 5) is 26.2. The topological polar surface area (TPSA) is 49.4 Å².